The smallest absolute Gasteiger partial charge is 0.435 e. The Morgan fingerprint density at radius 1 is 0.824 bits per heavy atom. The summed E-state index contributed by atoms with van der Waals surface area (Å²) in [5.41, 5.74) is -0.321. The van der Waals surface area contributed by atoms with Crippen molar-refractivity contribution in [3.8, 4) is 17.1 Å². The summed E-state index contributed by atoms with van der Waals surface area (Å²) in [5.74, 6) is 1.63. The van der Waals surface area contributed by atoms with Crippen molar-refractivity contribution in [3.05, 3.63) is 60.9 Å². The average molecular weight is 701 g/mol. The van der Waals surface area contributed by atoms with Crippen molar-refractivity contribution in [1.82, 2.24) is 24.6 Å². The number of benzene rings is 2. The third-order valence-electron chi connectivity index (χ3n) is 7.67. The van der Waals surface area contributed by atoms with Crippen molar-refractivity contribution >= 4 is 40.7 Å². The highest BCUT2D eigenvalue weighted by Gasteiger charge is 2.29. The number of hydrogen-bond acceptors (Lipinski definition) is 10. The molecule has 2 amide bonds. The van der Waals surface area contributed by atoms with E-state index in [0.717, 1.165) is 12.8 Å². The summed E-state index contributed by atoms with van der Waals surface area (Å²) < 4.78 is 24.2. The van der Waals surface area contributed by atoms with Gasteiger partial charge in [-0.15, -0.1) is 0 Å². The minimum Gasteiger partial charge on any atom is -0.493 e. The zero-order valence-corrected chi connectivity index (χ0v) is 30.9. The van der Waals surface area contributed by atoms with Crippen LogP contribution in [0, 0.1) is 5.92 Å². The summed E-state index contributed by atoms with van der Waals surface area (Å²) in [6.45, 7) is 18.1. The number of likely N-dealkylation sites (tertiary alicyclic amines) is 1. The van der Waals surface area contributed by atoms with Crippen LogP contribution in [0.3, 0.4) is 0 Å². The molecular formula is C38H48N6O7. The number of nitrogens with zero attached hydrogens (tertiary/aromatic N) is 6. The lowest BCUT2D eigenvalue weighted by molar-refractivity contribution is 0.0164. The maximum Gasteiger partial charge on any atom is 0.435 e. The summed E-state index contributed by atoms with van der Waals surface area (Å²) in [6, 6.07) is 14.3. The molecule has 0 radical (unpaired) electrons. The Bertz CT molecular complexity index is 1880. The van der Waals surface area contributed by atoms with Gasteiger partial charge in [0.25, 0.3) is 0 Å². The highest BCUT2D eigenvalue weighted by Crippen LogP contribution is 2.32. The molecule has 0 saturated carbocycles. The molecule has 1 aliphatic heterocycles. The Balaban J connectivity index is 1.34. The molecule has 2 aromatic carbocycles. The fourth-order valence-electron chi connectivity index (χ4n) is 5.41. The molecule has 272 valence electrons. The average Bonchev–Trinajstić information content (AvgIpc) is 3.46. The van der Waals surface area contributed by atoms with E-state index >= 15 is 0 Å². The lowest BCUT2D eigenvalue weighted by Crippen LogP contribution is -2.42. The van der Waals surface area contributed by atoms with E-state index in [9.17, 15) is 14.4 Å². The van der Waals surface area contributed by atoms with E-state index < -0.39 is 29.0 Å². The number of carbonyl (C=O) groups excluding carboxylic acids is 3. The van der Waals surface area contributed by atoms with Gasteiger partial charge in [-0.1, -0.05) is 12.1 Å². The van der Waals surface area contributed by atoms with E-state index in [2.05, 4.69) is 10.1 Å². The van der Waals surface area contributed by atoms with E-state index in [1.165, 1.54) is 15.8 Å². The Morgan fingerprint density at radius 3 is 2.16 bits per heavy atom. The fraction of sp³-hybridized carbons (Fsp3) is 0.474. The highest BCUT2D eigenvalue weighted by atomic mass is 16.6. The van der Waals surface area contributed by atoms with Crippen LogP contribution in [0.25, 0.3) is 22.3 Å². The van der Waals surface area contributed by atoms with Crippen LogP contribution in [0.5, 0.6) is 5.75 Å². The van der Waals surface area contributed by atoms with Crippen molar-refractivity contribution in [2.24, 2.45) is 5.92 Å². The second kappa shape index (κ2) is 14.6. The number of piperidine rings is 1. The number of hydrogen-bond donors (Lipinski definition) is 0. The molecule has 13 nitrogen and oxygen atoms in total. The maximum atomic E-state index is 13.7. The first-order valence-corrected chi connectivity index (χ1v) is 17.1. The van der Waals surface area contributed by atoms with Gasteiger partial charge >= 0.3 is 18.3 Å². The van der Waals surface area contributed by atoms with Crippen molar-refractivity contribution < 1.29 is 33.3 Å². The molecule has 0 spiro atoms. The lowest BCUT2D eigenvalue weighted by Gasteiger charge is -2.33. The monoisotopic (exact) mass is 700 g/mol. The molecule has 4 aromatic rings. The molecule has 0 aliphatic carbocycles. The molecule has 1 saturated heterocycles. The van der Waals surface area contributed by atoms with E-state index in [1.54, 1.807) is 76.9 Å². The van der Waals surface area contributed by atoms with Crippen molar-refractivity contribution in [2.45, 2.75) is 92.0 Å². The molecule has 2 aromatic heterocycles. The quantitative estimate of drug-likeness (QED) is 0.180. The molecule has 0 atom stereocenters. The first kappa shape index (κ1) is 37.1. The Hall–Kier alpha value is -5.20. The molecular weight excluding hydrogens is 652 g/mol. The van der Waals surface area contributed by atoms with Crippen molar-refractivity contribution in [2.75, 3.05) is 24.6 Å². The standard InChI is InChI=1S/C38H48N6O7/c1-36(2,3)49-33(45)42-19-16-25(17-20-42)24-48-29-12-10-11-26(22-29)32-39-18-15-31(41-32)43(34(46)50-37(4,5)6)28-13-14-30-27(21-28)23-40-44(30)35(47)51-38(7,8)9/h10-15,18,21-23,25H,16-17,19-20,24H2,1-9H3. The topological polar surface area (TPSA) is 138 Å². The van der Waals surface area contributed by atoms with Gasteiger partial charge in [0.2, 0.25) is 0 Å². The molecule has 3 heterocycles. The molecule has 0 N–H and O–H groups in total. The first-order chi connectivity index (χ1) is 23.8. The van der Waals surface area contributed by atoms with Gasteiger partial charge in [-0.3, -0.25) is 0 Å². The maximum absolute atomic E-state index is 13.7. The van der Waals surface area contributed by atoms with Gasteiger partial charge in [-0.05, 0) is 117 Å². The van der Waals surface area contributed by atoms with Gasteiger partial charge in [0, 0.05) is 30.2 Å². The first-order valence-electron chi connectivity index (χ1n) is 17.1. The zero-order chi connectivity index (χ0) is 37.1. The van der Waals surface area contributed by atoms with Crippen molar-refractivity contribution in [1.29, 1.82) is 0 Å². The Kier molecular flexibility index (Phi) is 10.6. The third kappa shape index (κ3) is 9.95. The van der Waals surface area contributed by atoms with Gasteiger partial charge < -0.3 is 23.8 Å². The predicted molar refractivity (Wildman–Crippen MR) is 193 cm³/mol. The van der Waals surface area contributed by atoms with Crippen LogP contribution in [-0.4, -0.2) is 79.4 Å². The van der Waals surface area contributed by atoms with E-state index in [-0.39, 0.29) is 11.9 Å². The lowest BCUT2D eigenvalue weighted by atomic mass is 9.98. The predicted octanol–water partition coefficient (Wildman–Crippen LogP) is 8.38. The molecule has 51 heavy (non-hydrogen) atoms. The summed E-state index contributed by atoms with van der Waals surface area (Å²) in [6.07, 6.45) is 3.23. The summed E-state index contributed by atoms with van der Waals surface area (Å²) >= 11 is 0. The zero-order valence-electron chi connectivity index (χ0n) is 30.9. The van der Waals surface area contributed by atoms with Gasteiger partial charge in [-0.2, -0.15) is 9.78 Å². The Morgan fingerprint density at radius 2 is 1.49 bits per heavy atom. The van der Waals surface area contributed by atoms with Crippen LogP contribution in [0.2, 0.25) is 0 Å². The molecule has 0 bridgehead atoms. The van der Waals surface area contributed by atoms with E-state index in [0.29, 0.717) is 59.3 Å². The summed E-state index contributed by atoms with van der Waals surface area (Å²) in [7, 11) is 0. The number of ether oxygens (including phenoxy) is 4. The fourth-order valence-corrected chi connectivity index (χ4v) is 5.41. The summed E-state index contributed by atoms with van der Waals surface area (Å²) in [4.78, 5) is 51.3. The minimum absolute atomic E-state index is 0.281. The third-order valence-corrected chi connectivity index (χ3v) is 7.67. The number of aromatic nitrogens is 4. The number of anilines is 2. The molecule has 5 rings (SSSR count). The normalized spacial score (nSPS) is 14.3. The van der Waals surface area contributed by atoms with E-state index in [4.69, 9.17) is 23.9 Å². The van der Waals surface area contributed by atoms with Gasteiger partial charge in [0.15, 0.2) is 5.82 Å². The second-order valence-electron chi connectivity index (χ2n) is 15.6. The number of carbonyl (C=O) groups is 3. The molecule has 1 fully saturated rings. The van der Waals surface area contributed by atoms with Crippen LogP contribution in [0.4, 0.5) is 25.9 Å². The van der Waals surface area contributed by atoms with Crippen LogP contribution in [0.15, 0.2) is 60.9 Å². The molecule has 1 aliphatic rings. The van der Waals surface area contributed by atoms with Crippen LogP contribution < -0.4 is 9.64 Å². The Labute approximate surface area is 298 Å². The molecule has 0 unspecified atom stereocenters. The van der Waals surface area contributed by atoms with Crippen LogP contribution >= 0.6 is 0 Å². The number of rotatable bonds is 6. The largest absolute Gasteiger partial charge is 0.493 e. The van der Waals surface area contributed by atoms with Crippen LogP contribution in [-0.2, 0) is 14.2 Å². The minimum atomic E-state index is -0.783. The number of fused-ring (bicyclic) bond motifs is 1. The van der Waals surface area contributed by atoms with Crippen molar-refractivity contribution in [3.63, 3.8) is 0 Å². The van der Waals surface area contributed by atoms with Gasteiger partial charge in [0.05, 0.1) is 24.0 Å². The van der Waals surface area contributed by atoms with E-state index in [1.807, 2.05) is 45.0 Å². The molecule has 13 heteroatoms. The SMILES string of the molecule is CC(C)(C)OC(=O)N1CCC(COc2cccc(-c3nccc(N(C(=O)OC(C)(C)C)c4ccc5c(cnn5C(=O)OC(C)(C)C)c4)n3)c2)CC1. The van der Waals surface area contributed by atoms with Crippen LogP contribution in [0.1, 0.15) is 75.2 Å². The van der Waals surface area contributed by atoms with Gasteiger partial charge in [0.1, 0.15) is 28.4 Å². The summed E-state index contributed by atoms with van der Waals surface area (Å²) in [5, 5.41) is 4.85. The number of amides is 2. The van der Waals surface area contributed by atoms with Gasteiger partial charge in [-0.25, -0.2) is 29.3 Å². The highest BCUT2D eigenvalue weighted by molar-refractivity contribution is 5.98. The second-order valence-corrected chi connectivity index (χ2v) is 15.6.